The zero-order valence-electron chi connectivity index (χ0n) is 14.7. The maximum absolute atomic E-state index is 14.0. The van der Waals surface area contributed by atoms with Gasteiger partial charge in [0.15, 0.2) is 0 Å². The molecule has 0 saturated heterocycles. The number of rotatable bonds is 6. The van der Waals surface area contributed by atoms with Crippen molar-refractivity contribution in [2.24, 2.45) is 0 Å². The summed E-state index contributed by atoms with van der Waals surface area (Å²) in [5.74, 6) is -0.0360. The van der Waals surface area contributed by atoms with Crippen LogP contribution in [0.1, 0.15) is 23.1 Å². The first-order chi connectivity index (χ1) is 12.2. The lowest BCUT2D eigenvalue weighted by Gasteiger charge is -2.27. The van der Waals surface area contributed by atoms with E-state index < -0.39 is 15.9 Å². The molecule has 0 radical (unpaired) electrons. The number of fused-ring (bicyclic) bond motifs is 1. The first-order valence-corrected chi connectivity index (χ1v) is 10.3. The van der Waals surface area contributed by atoms with Gasteiger partial charge in [-0.3, -0.25) is 9.58 Å². The lowest BCUT2D eigenvalue weighted by Crippen LogP contribution is -2.33. The summed E-state index contributed by atoms with van der Waals surface area (Å²) in [4.78, 5) is 2.07. The molecule has 1 aromatic carbocycles. The highest BCUT2D eigenvalue weighted by atomic mass is 32.2. The number of nitrogens with zero attached hydrogens (tertiary/aromatic N) is 3. The molecule has 1 aliphatic rings. The summed E-state index contributed by atoms with van der Waals surface area (Å²) in [7, 11) is -1.76. The fourth-order valence-electron chi connectivity index (χ4n) is 3.05. The zero-order chi connectivity index (χ0) is 18.9. The van der Waals surface area contributed by atoms with Gasteiger partial charge in [0.25, 0.3) is 0 Å². The maximum atomic E-state index is 14.0. The highest BCUT2D eigenvalue weighted by molar-refractivity contribution is 7.90. The molecule has 1 atom stereocenters. The molecule has 0 saturated carbocycles. The Labute approximate surface area is 151 Å². The monoisotopic (exact) mass is 383 g/mol. The summed E-state index contributed by atoms with van der Waals surface area (Å²) in [6.45, 7) is 2.23. The van der Waals surface area contributed by atoms with Gasteiger partial charge in [-0.2, -0.15) is 5.10 Å². The molecule has 0 fully saturated rings. The third-order valence-corrected chi connectivity index (χ3v) is 5.27. The van der Waals surface area contributed by atoms with Crippen LogP contribution >= 0.6 is 0 Å². The highest BCUT2D eigenvalue weighted by Gasteiger charge is 2.23. The van der Waals surface area contributed by atoms with E-state index in [0.29, 0.717) is 43.2 Å². The fraction of sp³-hybridized carbons (Fsp3) is 0.471. The summed E-state index contributed by atoms with van der Waals surface area (Å²) in [5.41, 5.74) is 1.76. The predicted molar refractivity (Wildman–Crippen MR) is 94.0 cm³/mol. The lowest BCUT2D eigenvalue weighted by atomic mass is 10.1. The van der Waals surface area contributed by atoms with E-state index in [9.17, 15) is 17.9 Å². The van der Waals surface area contributed by atoms with Gasteiger partial charge >= 0.3 is 0 Å². The molecule has 0 unspecified atom stereocenters. The van der Waals surface area contributed by atoms with Crippen LogP contribution in [0.25, 0.3) is 0 Å². The molecule has 1 N–H and O–H groups in total. The first-order valence-electron chi connectivity index (χ1n) is 8.22. The second-order valence-electron chi connectivity index (χ2n) is 6.56. The number of aliphatic hydroxyl groups is 1. The number of methoxy groups -OCH3 is 1. The lowest BCUT2D eigenvalue weighted by molar-refractivity contribution is 0.190. The van der Waals surface area contributed by atoms with E-state index in [-0.39, 0.29) is 11.6 Å². The third kappa shape index (κ3) is 4.40. The molecule has 1 aromatic heterocycles. The standard InChI is InChI=1S/C17H22FN3O4S/c1-25-14-3-4-15(18)12(7-14)9-20-5-6-21-13(10-20)8-16(19-21)17(22)11-26(2,23)24/h3-4,7-8,17,22H,5-6,9-11H2,1-2H3/t17-/m1/s1. The molecule has 1 aliphatic heterocycles. The van der Waals surface area contributed by atoms with Crippen molar-refractivity contribution < 1.29 is 22.7 Å². The largest absolute Gasteiger partial charge is 0.497 e. The van der Waals surface area contributed by atoms with Crippen LogP contribution in [-0.2, 0) is 29.5 Å². The normalized spacial score (nSPS) is 16.3. The predicted octanol–water partition coefficient (Wildman–Crippen LogP) is 1.12. The fourth-order valence-corrected chi connectivity index (χ4v) is 3.80. The van der Waals surface area contributed by atoms with Gasteiger partial charge in [0, 0.05) is 31.5 Å². The van der Waals surface area contributed by atoms with Crippen LogP contribution in [0, 0.1) is 5.82 Å². The summed E-state index contributed by atoms with van der Waals surface area (Å²) in [6, 6.07) is 6.37. The van der Waals surface area contributed by atoms with Crippen LogP contribution in [0.15, 0.2) is 24.3 Å². The average molecular weight is 383 g/mol. The highest BCUT2D eigenvalue weighted by Crippen LogP contribution is 2.23. The summed E-state index contributed by atoms with van der Waals surface area (Å²) >= 11 is 0. The van der Waals surface area contributed by atoms with Crippen molar-refractivity contribution in [1.29, 1.82) is 0 Å². The third-order valence-electron chi connectivity index (χ3n) is 4.34. The van der Waals surface area contributed by atoms with Crippen LogP contribution in [-0.4, -0.2) is 53.9 Å². The topological polar surface area (TPSA) is 84.7 Å². The van der Waals surface area contributed by atoms with Crippen molar-refractivity contribution in [3.8, 4) is 5.75 Å². The molecule has 0 aliphatic carbocycles. The van der Waals surface area contributed by atoms with Gasteiger partial charge in [0.05, 0.1) is 30.8 Å². The summed E-state index contributed by atoms with van der Waals surface area (Å²) < 4.78 is 43.6. The van der Waals surface area contributed by atoms with Crippen molar-refractivity contribution in [1.82, 2.24) is 14.7 Å². The van der Waals surface area contributed by atoms with Crippen molar-refractivity contribution in [3.05, 3.63) is 47.0 Å². The molecule has 2 aromatic rings. The number of hydrogen-bond donors (Lipinski definition) is 1. The van der Waals surface area contributed by atoms with Crippen LogP contribution in [0.4, 0.5) is 4.39 Å². The number of halogens is 1. The number of sulfone groups is 1. The van der Waals surface area contributed by atoms with Gasteiger partial charge in [-0.05, 0) is 24.3 Å². The molecule has 3 rings (SSSR count). The van der Waals surface area contributed by atoms with E-state index in [2.05, 4.69) is 10.00 Å². The van der Waals surface area contributed by atoms with Gasteiger partial charge in [-0.1, -0.05) is 0 Å². The quantitative estimate of drug-likeness (QED) is 0.805. The van der Waals surface area contributed by atoms with Gasteiger partial charge in [0.1, 0.15) is 27.5 Å². The average Bonchev–Trinajstić information content (AvgIpc) is 2.99. The molecule has 9 heteroatoms. The van der Waals surface area contributed by atoms with Crippen molar-refractivity contribution >= 4 is 9.84 Å². The van der Waals surface area contributed by atoms with E-state index >= 15 is 0 Å². The SMILES string of the molecule is COc1ccc(F)c(CN2CCn3nc([C@H](O)CS(C)(=O)=O)cc3C2)c1. The Balaban J connectivity index is 1.72. The molecule has 7 nitrogen and oxygen atoms in total. The maximum Gasteiger partial charge on any atom is 0.150 e. The van der Waals surface area contributed by atoms with E-state index in [0.717, 1.165) is 11.9 Å². The van der Waals surface area contributed by atoms with Crippen molar-refractivity contribution in [2.75, 3.05) is 25.7 Å². The molecule has 0 bridgehead atoms. The Morgan fingerprint density at radius 1 is 1.35 bits per heavy atom. The Bertz CT molecular complexity index is 897. The Morgan fingerprint density at radius 3 is 2.81 bits per heavy atom. The molecule has 0 amide bonds. The first kappa shape index (κ1) is 18.8. The number of hydrogen-bond acceptors (Lipinski definition) is 6. The van der Waals surface area contributed by atoms with E-state index in [4.69, 9.17) is 4.74 Å². The minimum atomic E-state index is -3.30. The number of aliphatic hydroxyl groups excluding tert-OH is 1. The van der Waals surface area contributed by atoms with Crippen molar-refractivity contribution in [2.45, 2.75) is 25.7 Å². The molecule has 0 spiro atoms. The summed E-state index contributed by atoms with van der Waals surface area (Å²) in [5, 5.41) is 14.4. The van der Waals surface area contributed by atoms with Crippen LogP contribution in [0.2, 0.25) is 0 Å². The smallest absolute Gasteiger partial charge is 0.150 e. The summed E-state index contributed by atoms with van der Waals surface area (Å²) in [6.07, 6.45) is -0.0660. The number of benzene rings is 1. The van der Waals surface area contributed by atoms with E-state index in [1.54, 1.807) is 30.0 Å². The Kier molecular flexibility index (Phi) is 5.31. The van der Waals surface area contributed by atoms with Crippen LogP contribution in [0.5, 0.6) is 5.75 Å². The Morgan fingerprint density at radius 2 is 2.12 bits per heavy atom. The van der Waals surface area contributed by atoms with Crippen LogP contribution < -0.4 is 4.74 Å². The number of ether oxygens (including phenoxy) is 1. The van der Waals surface area contributed by atoms with E-state index in [1.807, 2.05) is 0 Å². The second-order valence-corrected chi connectivity index (χ2v) is 8.74. The van der Waals surface area contributed by atoms with Gasteiger partial charge in [0.2, 0.25) is 0 Å². The van der Waals surface area contributed by atoms with Gasteiger partial charge in [-0.25, -0.2) is 12.8 Å². The van der Waals surface area contributed by atoms with E-state index in [1.165, 1.54) is 6.07 Å². The molecule has 26 heavy (non-hydrogen) atoms. The Hall–Kier alpha value is -1.97. The minimum absolute atomic E-state index is 0.283. The second kappa shape index (κ2) is 7.34. The number of aromatic nitrogens is 2. The minimum Gasteiger partial charge on any atom is -0.497 e. The molecule has 2 heterocycles. The van der Waals surface area contributed by atoms with Crippen LogP contribution in [0.3, 0.4) is 0 Å². The molecule has 142 valence electrons. The molecular weight excluding hydrogens is 361 g/mol. The van der Waals surface area contributed by atoms with Crippen molar-refractivity contribution in [3.63, 3.8) is 0 Å². The zero-order valence-corrected chi connectivity index (χ0v) is 15.5. The molecular formula is C17H22FN3O4S. The van der Waals surface area contributed by atoms with Gasteiger partial charge < -0.3 is 9.84 Å². The van der Waals surface area contributed by atoms with Gasteiger partial charge in [-0.15, -0.1) is 0 Å².